The van der Waals surface area contributed by atoms with Crippen LogP contribution in [0.3, 0.4) is 0 Å². The highest BCUT2D eigenvalue weighted by molar-refractivity contribution is 6.20. The first-order valence-electron chi connectivity index (χ1n) is 35.3. The Morgan fingerprint density at radius 2 is 0.954 bits per heavy atom. The predicted molar refractivity (Wildman–Crippen MR) is 407 cm³/mol. The number of nitrogens with zero attached hydrogens (tertiary/aromatic N) is 8. The van der Waals surface area contributed by atoms with Gasteiger partial charge in [0.05, 0.1) is 137 Å². The molecule has 7 aromatic carbocycles. The van der Waals surface area contributed by atoms with E-state index in [1.54, 1.807) is 101 Å². The van der Waals surface area contributed by atoms with Crippen molar-refractivity contribution < 1.29 is 76.8 Å². The molecule has 11 aromatic rings. The molecule has 0 fully saturated rings. The maximum atomic E-state index is 14.0. The number of aromatic amines is 2. The van der Waals surface area contributed by atoms with Crippen molar-refractivity contribution in [3.8, 4) is 23.0 Å². The first kappa shape index (κ1) is 77.1. The third-order valence-electron chi connectivity index (χ3n) is 18.5. The number of alkyl halides is 2. The van der Waals surface area contributed by atoms with E-state index in [9.17, 15) is 34.2 Å². The van der Waals surface area contributed by atoms with E-state index >= 15 is 0 Å². The van der Waals surface area contributed by atoms with Gasteiger partial charge in [0.25, 0.3) is 17.7 Å². The number of fused-ring (bicyclic) bond motifs is 8. The van der Waals surface area contributed by atoms with Crippen LogP contribution in [-0.2, 0) is 59.1 Å². The minimum absolute atomic E-state index is 0.0497. The number of phenolic OH excluding ortho intramolecular Hbond substituents is 2. The van der Waals surface area contributed by atoms with Crippen LogP contribution in [-0.4, -0.2) is 218 Å². The Balaban J connectivity index is 0.000000204. The molecule has 108 heavy (non-hydrogen) atoms. The second-order valence-electron chi connectivity index (χ2n) is 25.6. The third-order valence-corrected chi connectivity index (χ3v) is 19.3. The van der Waals surface area contributed by atoms with Gasteiger partial charge in [0, 0.05) is 130 Å². The van der Waals surface area contributed by atoms with E-state index in [0.29, 0.717) is 181 Å². The van der Waals surface area contributed by atoms with Crippen molar-refractivity contribution in [1.82, 2.24) is 45.3 Å². The summed E-state index contributed by atoms with van der Waals surface area (Å²) < 4.78 is 52.3. The van der Waals surface area contributed by atoms with Gasteiger partial charge in [0.1, 0.15) is 45.8 Å². The lowest BCUT2D eigenvalue weighted by Crippen LogP contribution is -2.30. The van der Waals surface area contributed by atoms with Gasteiger partial charge in [-0.15, -0.1) is 33.4 Å². The van der Waals surface area contributed by atoms with Gasteiger partial charge in [-0.1, -0.05) is 46.8 Å². The molecule has 30 heteroatoms. The number of carbonyl (C=O) groups excluding carboxylic acids is 5. The summed E-state index contributed by atoms with van der Waals surface area (Å²) in [6.07, 6.45) is 3.44. The second kappa shape index (κ2) is 36.9. The molecule has 28 nitrogen and oxygen atoms in total. The standard InChI is InChI=1S/C42H44ClN7O8.C36H40ClN5O8/c1-55-38-4-2-3-31-36(51)22-35-39(40(31)38)29(23-43)24-50(35)42(54)33-21-28-19-26(5-10-32(28)46-33)20-37(52)34-25-49(48-47-34)12-14-57-16-18-58-17-15-56-13-11-45-41(53)27-6-8-30(44)9-7-27;1-46-10-11-49-14-15-50-13-12-48-9-8-41-22-29(39-40-41)32(44)17-23-6-7-27-24(16-23)18-28(38-27)36(45)42-21-25(20-37)34-30(42)19-31(43)26-4-3-5-33(47-2)35(26)34/h2-10,19,21-22,25,29,46,51H,11-18,20,23-24,44H2,1H3,(H,45,53);3-7,16,18-19,22,25,38,43H,8-15,17,20-21H2,1-2H3/t29-;25-/m11/s1. The Morgan fingerprint density at radius 3 is 1.38 bits per heavy atom. The molecule has 2 aliphatic heterocycles. The molecule has 0 bridgehead atoms. The van der Waals surface area contributed by atoms with Crippen molar-refractivity contribution in [2.45, 2.75) is 37.8 Å². The van der Waals surface area contributed by atoms with Gasteiger partial charge in [0.15, 0.2) is 11.6 Å². The van der Waals surface area contributed by atoms with Crippen molar-refractivity contribution in [1.29, 1.82) is 0 Å². The van der Waals surface area contributed by atoms with E-state index in [0.717, 1.165) is 54.8 Å². The summed E-state index contributed by atoms with van der Waals surface area (Å²) in [7, 11) is 4.78. The van der Waals surface area contributed by atoms with Crippen LogP contribution in [0, 0.1) is 0 Å². The number of aromatic hydroxyl groups is 2. The van der Waals surface area contributed by atoms with Gasteiger partial charge in [-0.3, -0.25) is 24.0 Å². The molecule has 0 unspecified atom stereocenters. The number of hydrogen-bond donors (Lipinski definition) is 6. The van der Waals surface area contributed by atoms with E-state index in [-0.39, 0.29) is 82.7 Å². The Bertz CT molecular complexity index is 4990. The zero-order valence-corrected chi connectivity index (χ0v) is 61.4. The molecule has 6 heterocycles. The quantitative estimate of drug-likeness (QED) is 0.00912. The fourth-order valence-corrected chi connectivity index (χ4v) is 13.7. The molecule has 0 saturated heterocycles. The Hall–Kier alpha value is -10.5. The maximum Gasteiger partial charge on any atom is 0.274 e. The normalized spacial score (nSPS) is 13.9. The number of Topliss-reactive ketones (excluding diaryl/α,β-unsaturated/α-hetero) is 2. The summed E-state index contributed by atoms with van der Waals surface area (Å²) in [6, 6.07) is 35.6. The van der Waals surface area contributed by atoms with Crippen LogP contribution in [0.5, 0.6) is 23.0 Å². The van der Waals surface area contributed by atoms with E-state index in [4.69, 9.17) is 71.6 Å². The van der Waals surface area contributed by atoms with E-state index in [1.807, 2.05) is 72.8 Å². The first-order chi connectivity index (χ1) is 52.6. The smallest absolute Gasteiger partial charge is 0.274 e. The number of methoxy groups -OCH3 is 3. The van der Waals surface area contributed by atoms with Gasteiger partial charge in [-0.2, -0.15) is 0 Å². The van der Waals surface area contributed by atoms with Crippen LogP contribution in [0.2, 0.25) is 0 Å². The van der Waals surface area contributed by atoms with Crippen molar-refractivity contribution in [3.05, 3.63) is 184 Å². The highest BCUT2D eigenvalue weighted by Gasteiger charge is 2.38. The number of phenols is 2. The number of nitrogen functional groups attached to an aromatic ring is 1. The van der Waals surface area contributed by atoms with Gasteiger partial charge in [-0.25, -0.2) is 9.36 Å². The van der Waals surface area contributed by atoms with Crippen molar-refractivity contribution >= 4 is 113 Å². The number of amides is 3. The van der Waals surface area contributed by atoms with Crippen LogP contribution in [0.1, 0.15) is 86.4 Å². The molecule has 13 rings (SSSR count). The first-order valence-corrected chi connectivity index (χ1v) is 36.3. The number of anilines is 3. The number of carbonyl (C=O) groups is 5. The zero-order valence-electron chi connectivity index (χ0n) is 59.9. The number of ketones is 2. The number of rotatable bonds is 37. The summed E-state index contributed by atoms with van der Waals surface area (Å²) in [5.41, 5.74) is 14.0. The Kier molecular flexibility index (Phi) is 26.3. The lowest BCUT2D eigenvalue weighted by atomic mass is 9.94. The summed E-state index contributed by atoms with van der Waals surface area (Å²) in [5.74, 6) is 0.521. The topological polar surface area (TPSA) is 346 Å². The molecule has 0 spiro atoms. The van der Waals surface area contributed by atoms with E-state index < -0.39 is 0 Å². The number of halogens is 2. The van der Waals surface area contributed by atoms with Gasteiger partial charge >= 0.3 is 0 Å². The summed E-state index contributed by atoms with van der Waals surface area (Å²) in [6.45, 7) is 7.58. The lowest BCUT2D eigenvalue weighted by molar-refractivity contribution is 0.00244. The molecule has 566 valence electrons. The molecule has 0 radical (unpaired) electrons. The number of aromatic nitrogens is 8. The average molecular weight is 1520 g/mol. The lowest BCUT2D eigenvalue weighted by Gasteiger charge is -2.18. The Morgan fingerprint density at radius 1 is 0.528 bits per heavy atom. The minimum atomic E-state index is -0.263. The fourth-order valence-electron chi connectivity index (χ4n) is 13.2. The van der Waals surface area contributed by atoms with Crippen molar-refractivity contribution in [2.24, 2.45) is 0 Å². The number of ether oxygens (including phenoxy) is 9. The van der Waals surface area contributed by atoms with Crippen molar-refractivity contribution in [3.63, 3.8) is 0 Å². The minimum Gasteiger partial charge on any atom is -0.507 e. The van der Waals surface area contributed by atoms with Gasteiger partial charge in [0.2, 0.25) is 0 Å². The molecule has 2 atom stereocenters. The number of H-pyrrole nitrogens is 2. The zero-order chi connectivity index (χ0) is 75.6. The van der Waals surface area contributed by atoms with E-state index in [1.165, 1.54) is 0 Å². The maximum absolute atomic E-state index is 14.0. The van der Waals surface area contributed by atoms with Crippen LogP contribution < -0.4 is 30.3 Å². The molecule has 2 aliphatic rings. The third kappa shape index (κ3) is 18.4. The molecule has 0 aliphatic carbocycles. The molecular formula is C78H84Cl2N12O16. The SMILES string of the molecule is COCCOCCOCCOCCn1cc(C(=O)Cc2ccc3[nH]c(C(=O)N4C[C@@H](CCl)c5c4cc(O)c4cccc(OC)c54)cc3c2)nn1.COc1cccc2c(O)cc3c(c12)[C@H](CCl)CN3C(=O)c1cc2cc(CC(=O)c3cn(CCOCCOCCOCCNC(=O)c4ccc(N)cc4)nn3)ccc2[nH]1. The fraction of sp³-hybridized carbons (Fsp3) is 0.346. The highest BCUT2D eigenvalue weighted by atomic mass is 35.5. The number of hydrogen-bond acceptors (Lipinski definition) is 21. The molecule has 7 N–H and O–H groups in total. The number of nitrogens with one attached hydrogen (secondary N) is 3. The average Bonchev–Trinajstić information content (AvgIpc) is 1.56. The van der Waals surface area contributed by atoms with Gasteiger partial charge < -0.3 is 83.7 Å². The van der Waals surface area contributed by atoms with Crippen molar-refractivity contribution in [2.75, 3.05) is 154 Å². The molecule has 4 aromatic heterocycles. The summed E-state index contributed by atoms with van der Waals surface area (Å²) in [4.78, 5) is 75.9. The van der Waals surface area contributed by atoms with Crippen LogP contribution in [0.15, 0.2) is 134 Å². The van der Waals surface area contributed by atoms with Gasteiger partial charge in [-0.05, 0) is 95.1 Å². The highest BCUT2D eigenvalue weighted by Crippen LogP contribution is 2.50. The van der Waals surface area contributed by atoms with E-state index in [2.05, 4.69) is 35.9 Å². The second-order valence-corrected chi connectivity index (χ2v) is 26.3. The number of benzene rings is 7. The monoisotopic (exact) mass is 1510 g/mol. The molecule has 3 amide bonds. The largest absolute Gasteiger partial charge is 0.507 e. The molecular weight excluding hydrogens is 1430 g/mol. The summed E-state index contributed by atoms with van der Waals surface area (Å²) in [5, 5.41) is 45.2. The molecule has 0 saturated carbocycles. The van der Waals surface area contributed by atoms with Crippen LogP contribution in [0.25, 0.3) is 43.4 Å². The van der Waals surface area contributed by atoms with Crippen LogP contribution in [0.4, 0.5) is 17.1 Å². The van der Waals surface area contributed by atoms with Crippen LogP contribution >= 0.6 is 23.2 Å². The summed E-state index contributed by atoms with van der Waals surface area (Å²) >= 11 is 12.8. The number of nitrogens with two attached hydrogens (primary N) is 1. The Labute approximate surface area is 631 Å². The predicted octanol–water partition coefficient (Wildman–Crippen LogP) is 9.83.